The summed E-state index contributed by atoms with van der Waals surface area (Å²) in [6.45, 7) is 0. The molecule has 28 heavy (non-hydrogen) atoms. The first kappa shape index (κ1) is 19.0. The molecule has 6 heteroatoms. The van der Waals surface area contributed by atoms with Gasteiger partial charge in [-0.05, 0) is 31.0 Å². The quantitative estimate of drug-likeness (QED) is 0.528. The molecule has 0 unspecified atom stereocenters. The molecule has 3 aromatic rings. The Morgan fingerprint density at radius 2 is 1.86 bits per heavy atom. The number of rotatable bonds is 5. The maximum Gasteiger partial charge on any atom is 0.291 e. The van der Waals surface area contributed by atoms with E-state index in [1.165, 1.54) is 38.2 Å². The SMILES string of the molecule is O=C(Nc1ccc(F)c(F)c1)c1oc2ccccc2c1CSC1CCCCC1. The van der Waals surface area contributed by atoms with Crippen LogP contribution >= 0.6 is 11.8 Å². The summed E-state index contributed by atoms with van der Waals surface area (Å²) in [4.78, 5) is 12.8. The van der Waals surface area contributed by atoms with Crippen molar-refractivity contribution >= 4 is 34.3 Å². The van der Waals surface area contributed by atoms with Crippen molar-refractivity contribution in [2.24, 2.45) is 0 Å². The number of halogens is 2. The number of anilines is 1. The molecule has 1 aromatic heterocycles. The number of para-hydroxylation sites is 1. The van der Waals surface area contributed by atoms with Gasteiger partial charge in [-0.2, -0.15) is 11.8 Å². The zero-order valence-electron chi connectivity index (χ0n) is 15.3. The zero-order chi connectivity index (χ0) is 19.5. The minimum absolute atomic E-state index is 0.190. The van der Waals surface area contributed by atoms with Crippen molar-refractivity contribution in [1.82, 2.24) is 0 Å². The van der Waals surface area contributed by atoms with E-state index in [2.05, 4.69) is 5.32 Å². The third kappa shape index (κ3) is 4.07. The predicted molar refractivity (Wildman–Crippen MR) is 109 cm³/mol. The van der Waals surface area contributed by atoms with Crippen LogP contribution < -0.4 is 5.32 Å². The number of benzene rings is 2. The van der Waals surface area contributed by atoms with E-state index < -0.39 is 17.5 Å². The first-order chi connectivity index (χ1) is 13.6. The fourth-order valence-corrected chi connectivity index (χ4v) is 4.98. The first-order valence-electron chi connectivity index (χ1n) is 9.50. The third-order valence-electron chi connectivity index (χ3n) is 5.10. The molecule has 0 saturated heterocycles. The van der Waals surface area contributed by atoms with E-state index in [9.17, 15) is 13.6 Å². The summed E-state index contributed by atoms with van der Waals surface area (Å²) in [6, 6.07) is 10.8. The smallest absolute Gasteiger partial charge is 0.291 e. The summed E-state index contributed by atoms with van der Waals surface area (Å²) in [7, 11) is 0. The molecule has 1 heterocycles. The number of thioether (sulfide) groups is 1. The van der Waals surface area contributed by atoms with Gasteiger partial charge in [-0.15, -0.1) is 0 Å². The van der Waals surface area contributed by atoms with E-state index >= 15 is 0 Å². The highest BCUT2D eigenvalue weighted by Crippen LogP contribution is 2.35. The summed E-state index contributed by atoms with van der Waals surface area (Å²) in [5.74, 6) is -1.50. The van der Waals surface area contributed by atoms with Gasteiger partial charge in [-0.3, -0.25) is 4.79 Å². The van der Waals surface area contributed by atoms with Crippen LogP contribution in [0.4, 0.5) is 14.5 Å². The molecule has 1 N–H and O–H groups in total. The van der Waals surface area contributed by atoms with Crippen molar-refractivity contribution in [3.8, 4) is 0 Å². The van der Waals surface area contributed by atoms with Gasteiger partial charge in [0.25, 0.3) is 5.91 Å². The molecule has 1 aliphatic rings. The maximum absolute atomic E-state index is 13.5. The van der Waals surface area contributed by atoms with E-state index in [4.69, 9.17) is 4.42 Å². The van der Waals surface area contributed by atoms with Gasteiger partial charge in [-0.1, -0.05) is 37.5 Å². The average molecular weight is 401 g/mol. The van der Waals surface area contributed by atoms with Crippen LogP contribution in [0, 0.1) is 11.6 Å². The highest BCUT2D eigenvalue weighted by Gasteiger charge is 2.23. The maximum atomic E-state index is 13.5. The first-order valence-corrected chi connectivity index (χ1v) is 10.5. The molecule has 1 amide bonds. The summed E-state index contributed by atoms with van der Waals surface area (Å²) in [5, 5.41) is 4.14. The van der Waals surface area contributed by atoms with E-state index in [1.807, 2.05) is 36.0 Å². The Labute approximate surface area is 166 Å². The Kier molecular flexibility index (Phi) is 5.67. The van der Waals surface area contributed by atoms with Crippen LogP contribution in [-0.4, -0.2) is 11.2 Å². The van der Waals surface area contributed by atoms with E-state index in [-0.39, 0.29) is 11.4 Å². The van der Waals surface area contributed by atoms with Crippen molar-refractivity contribution in [3.05, 3.63) is 65.4 Å². The van der Waals surface area contributed by atoms with Gasteiger partial charge in [0, 0.05) is 33.7 Å². The molecule has 146 valence electrons. The summed E-state index contributed by atoms with van der Waals surface area (Å²) >= 11 is 1.86. The summed E-state index contributed by atoms with van der Waals surface area (Å²) < 4.78 is 32.4. The lowest BCUT2D eigenvalue weighted by atomic mass is 10.0. The normalized spacial score (nSPS) is 15.1. The molecule has 0 aliphatic heterocycles. The highest BCUT2D eigenvalue weighted by atomic mass is 32.2. The van der Waals surface area contributed by atoms with Gasteiger partial charge < -0.3 is 9.73 Å². The van der Waals surface area contributed by atoms with Crippen LogP contribution in [0.15, 0.2) is 46.9 Å². The topological polar surface area (TPSA) is 42.2 Å². The number of hydrogen-bond acceptors (Lipinski definition) is 3. The summed E-state index contributed by atoms with van der Waals surface area (Å²) in [5.41, 5.74) is 1.69. The highest BCUT2D eigenvalue weighted by molar-refractivity contribution is 7.99. The monoisotopic (exact) mass is 401 g/mol. The lowest BCUT2D eigenvalue weighted by molar-refractivity contribution is 0.0998. The molecular formula is C22H21F2NO2S. The number of carbonyl (C=O) groups is 1. The Bertz CT molecular complexity index is 995. The zero-order valence-corrected chi connectivity index (χ0v) is 16.2. The molecule has 1 saturated carbocycles. The fourth-order valence-electron chi connectivity index (χ4n) is 3.62. The second-order valence-corrected chi connectivity index (χ2v) is 8.35. The van der Waals surface area contributed by atoms with Crippen molar-refractivity contribution in [2.45, 2.75) is 43.1 Å². The minimum atomic E-state index is -1.00. The van der Waals surface area contributed by atoms with Crippen molar-refractivity contribution < 1.29 is 18.0 Å². The summed E-state index contributed by atoms with van der Waals surface area (Å²) in [6.07, 6.45) is 6.22. The molecule has 0 radical (unpaired) electrons. The molecule has 0 bridgehead atoms. The van der Waals surface area contributed by atoms with Crippen molar-refractivity contribution in [3.63, 3.8) is 0 Å². The van der Waals surface area contributed by atoms with Gasteiger partial charge in [0.2, 0.25) is 0 Å². The number of fused-ring (bicyclic) bond motifs is 1. The molecular weight excluding hydrogens is 380 g/mol. The molecule has 4 rings (SSSR count). The van der Waals surface area contributed by atoms with Gasteiger partial charge in [0.1, 0.15) is 5.58 Å². The molecule has 3 nitrogen and oxygen atoms in total. The van der Waals surface area contributed by atoms with Crippen molar-refractivity contribution in [1.29, 1.82) is 0 Å². The minimum Gasteiger partial charge on any atom is -0.451 e. The molecule has 2 aromatic carbocycles. The molecule has 1 aliphatic carbocycles. The number of furan rings is 1. The van der Waals surface area contributed by atoms with E-state index in [0.29, 0.717) is 16.6 Å². The van der Waals surface area contributed by atoms with Crippen LogP contribution in [0.2, 0.25) is 0 Å². The van der Waals surface area contributed by atoms with Gasteiger partial charge in [0.15, 0.2) is 17.4 Å². The van der Waals surface area contributed by atoms with E-state index in [1.54, 1.807) is 0 Å². The van der Waals surface area contributed by atoms with Gasteiger partial charge in [-0.25, -0.2) is 8.78 Å². The fraction of sp³-hybridized carbons (Fsp3) is 0.318. The van der Waals surface area contributed by atoms with Gasteiger partial charge in [0.05, 0.1) is 0 Å². The lowest BCUT2D eigenvalue weighted by Crippen LogP contribution is -2.14. The standard InChI is InChI=1S/C22H21F2NO2S/c23-18-11-10-14(12-19(18)24)25-22(26)21-17(13-28-15-6-2-1-3-7-15)16-8-4-5-9-20(16)27-21/h4-5,8-12,15H,1-3,6-7,13H2,(H,25,26). The van der Waals surface area contributed by atoms with Crippen LogP contribution in [0.5, 0.6) is 0 Å². The Hall–Kier alpha value is -2.34. The molecule has 1 fully saturated rings. The average Bonchev–Trinajstić information content (AvgIpc) is 3.09. The van der Waals surface area contributed by atoms with Crippen LogP contribution in [-0.2, 0) is 5.75 Å². The molecule has 0 atom stereocenters. The Balaban J connectivity index is 1.59. The largest absolute Gasteiger partial charge is 0.451 e. The van der Waals surface area contributed by atoms with Crippen LogP contribution in [0.25, 0.3) is 11.0 Å². The van der Waals surface area contributed by atoms with Crippen molar-refractivity contribution in [2.75, 3.05) is 5.32 Å². The molecule has 0 spiro atoms. The predicted octanol–water partition coefficient (Wildman–Crippen LogP) is 6.53. The van der Waals surface area contributed by atoms with Crippen LogP contribution in [0.3, 0.4) is 0 Å². The number of nitrogens with one attached hydrogen (secondary N) is 1. The number of amides is 1. The van der Waals surface area contributed by atoms with E-state index in [0.717, 1.165) is 23.1 Å². The second-order valence-electron chi connectivity index (χ2n) is 7.06. The number of hydrogen-bond donors (Lipinski definition) is 1. The van der Waals surface area contributed by atoms with Gasteiger partial charge >= 0.3 is 0 Å². The second kappa shape index (κ2) is 8.35. The Morgan fingerprint density at radius 1 is 1.07 bits per heavy atom. The lowest BCUT2D eigenvalue weighted by Gasteiger charge is -2.20. The third-order valence-corrected chi connectivity index (χ3v) is 6.50. The Morgan fingerprint density at radius 3 is 2.64 bits per heavy atom. The number of carbonyl (C=O) groups excluding carboxylic acids is 1. The van der Waals surface area contributed by atoms with Crippen LogP contribution in [0.1, 0.15) is 48.2 Å².